The quantitative estimate of drug-likeness (QED) is 0.659. The molecule has 1 aliphatic rings. The molecule has 2 heterocycles. The van der Waals surface area contributed by atoms with Gasteiger partial charge in [0.05, 0.1) is 21.2 Å². The highest BCUT2D eigenvalue weighted by Gasteiger charge is 2.34. The minimum Gasteiger partial charge on any atom is -0.335 e. The van der Waals surface area contributed by atoms with Crippen LogP contribution in [0.25, 0.3) is 0 Å². The predicted octanol–water partition coefficient (Wildman–Crippen LogP) is 3.82. The number of carbonyl (C=O) groups excluding carboxylic acids is 1. The zero-order chi connectivity index (χ0) is 23.0. The first-order chi connectivity index (χ1) is 14.4. The Hall–Kier alpha value is -1.98. The highest BCUT2D eigenvalue weighted by atomic mass is 32.2. The Balaban J connectivity index is 1.67. The number of halogens is 3. The monoisotopic (exact) mass is 475 g/mol. The van der Waals surface area contributed by atoms with Gasteiger partial charge in [0, 0.05) is 32.6 Å². The van der Waals surface area contributed by atoms with Crippen LogP contribution in [0.2, 0.25) is 0 Å². The molecule has 0 atom stereocenters. The van der Waals surface area contributed by atoms with Gasteiger partial charge in [0.15, 0.2) is 0 Å². The summed E-state index contributed by atoms with van der Waals surface area (Å²) < 4.78 is 64.9. The Morgan fingerprint density at radius 3 is 2.23 bits per heavy atom. The summed E-state index contributed by atoms with van der Waals surface area (Å²) in [6, 6.07) is 3.45. The maximum atomic E-state index is 12.9. The second-order valence-corrected chi connectivity index (χ2v) is 10.9. The zero-order valence-electron chi connectivity index (χ0n) is 17.4. The van der Waals surface area contributed by atoms with Gasteiger partial charge in [0.1, 0.15) is 4.88 Å². The van der Waals surface area contributed by atoms with Crippen molar-refractivity contribution in [2.24, 2.45) is 5.92 Å². The average Bonchev–Trinajstić information content (AvgIpc) is 3.06. The Bertz CT molecular complexity index is 1040. The van der Waals surface area contributed by atoms with E-state index in [2.05, 4.69) is 18.8 Å². The number of hydrogen-bond donors (Lipinski definition) is 0. The Kier molecular flexibility index (Phi) is 6.78. The van der Waals surface area contributed by atoms with Gasteiger partial charge in [-0.1, -0.05) is 13.8 Å². The number of thiazole rings is 1. The van der Waals surface area contributed by atoms with E-state index in [1.165, 1.54) is 15.6 Å². The third-order valence-electron chi connectivity index (χ3n) is 4.96. The average molecular weight is 476 g/mol. The van der Waals surface area contributed by atoms with E-state index >= 15 is 0 Å². The lowest BCUT2D eigenvalue weighted by atomic mass is 10.1. The first kappa shape index (κ1) is 23.7. The third-order valence-corrected chi connectivity index (χ3v) is 8.04. The molecule has 6 nitrogen and oxygen atoms in total. The molecule has 0 radical (unpaired) electrons. The van der Waals surface area contributed by atoms with Crippen LogP contribution in [0, 0.1) is 12.8 Å². The fraction of sp³-hybridized carbons (Fsp3) is 0.500. The van der Waals surface area contributed by atoms with Crippen LogP contribution in [-0.4, -0.2) is 54.7 Å². The lowest BCUT2D eigenvalue weighted by Crippen LogP contribution is -2.50. The van der Waals surface area contributed by atoms with Gasteiger partial charge < -0.3 is 4.90 Å². The highest BCUT2D eigenvalue weighted by molar-refractivity contribution is 7.89. The van der Waals surface area contributed by atoms with Crippen molar-refractivity contribution in [3.05, 3.63) is 45.4 Å². The first-order valence-corrected chi connectivity index (χ1v) is 12.1. The Labute approximate surface area is 183 Å². The molecular weight excluding hydrogens is 451 g/mol. The summed E-state index contributed by atoms with van der Waals surface area (Å²) in [7, 11) is -3.94. The smallest absolute Gasteiger partial charge is 0.335 e. The minimum absolute atomic E-state index is 0.0752. The molecule has 0 bridgehead atoms. The molecule has 11 heteroatoms. The van der Waals surface area contributed by atoms with Gasteiger partial charge in [-0.05, 0) is 37.1 Å². The maximum Gasteiger partial charge on any atom is 0.416 e. The molecular formula is C20H24F3N3O3S2. The van der Waals surface area contributed by atoms with E-state index in [1.807, 2.05) is 0 Å². The summed E-state index contributed by atoms with van der Waals surface area (Å²) in [6.07, 6.45) is -3.74. The Morgan fingerprint density at radius 2 is 1.71 bits per heavy atom. The van der Waals surface area contributed by atoms with Gasteiger partial charge in [-0.25, -0.2) is 13.4 Å². The molecule has 1 amide bonds. The molecule has 31 heavy (non-hydrogen) atoms. The normalized spacial score (nSPS) is 16.2. The highest BCUT2D eigenvalue weighted by Crippen LogP contribution is 2.30. The van der Waals surface area contributed by atoms with Gasteiger partial charge in [0.2, 0.25) is 10.0 Å². The molecule has 1 aliphatic heterocycles. The van der Waals surface area contributed by atoms with E-state index in [9.17, 15) is 26.4 Å². The van der Waals surface area contributed by atoms with Crippen molar-refractivity contribution >= 4 is 27.3 Å². The van der Waals surface area contributed by atoms with Crippen molar-refractivity contribution in [3.8, 4) is 0 Å². The summed E-state index contributed by atoms with van der Waals surface area (Å²) in [5.74, 6) is 0.254. The second kappa shape index (κ2) is 8.87. The third kappa shape index (κ3) is 5.27. The van der Waals surface area contributed by atoms with Crippen LogP contribution >= 0.6 is 11.3 Å². The van der Waals surface area contributed by atoms with Gasteiger partial charge in [-0.3, -0.25) is 4.79 Å². The predicted molar refractivity (Wildman–Crippen MR) is 111 cm³/mol. The number of alkyl halides is 3. The van der Waals surface area contributed by atoms with Gasteiger partial charge in [-0.15, -0.1) is 11.3 Å². The minimum atomic E-state index is -4.53. The van der Waals surface area contributed by atoms with Crippen molar-refractivity contribution in [2.45, 2.75) is 38.3 Å². The van der Waals surface area contributed by atoms with Crippen molar-refractivity contribution in [2.75, 3.05) is 26.2 Å². The van der Waals surface area contributed by atoms with E-state index in [-0.39, 0.29) is 37.0 Å². The van der Waals surface area contributed by atoms with Crippen molar-refractivity contribution in [3.63, 3.8) is 0 Å². The number of carbonyl (C=O) groups is 1. The maximum absolute atomic E-state index is 12.9. The van der Waals surface area contributed by atoms with Crippen LogP contribution in [0.15, 0.2) is 29.2 Å². The van der Waals surface area contributed by atoms with Crippen molar-refractivity contribution in [1.29, 1.82) is 0 Å². The van der Waals surface area contributed by atoms with Crippen LogP contribution < -0.4 is 0 Å². The Morgan fingerprint density at radius 1 is 1.13 bits per heavy atom. The largest absolute Gasteiger partial charge is 0.416 e. The number of aryl methyl sites for hydroxylation is 1. The summed E-state index contributed by atoms with van der Waals surface area (Å²) in [4.78, 5) is 19.3. The number of sulfonamides is 1. The molecule has 1 saturated heterocycles. The topological polar surface area (TPSA) is 70.6 Å². The van der Waals surface area contributed by atoms with Gasteiger partial charge >= 0.3 is 6.18 Å². The fourth-order valence-corrected chi connectivity index (χ4v) is 5.99. The number of nitrogens with zero attached hydrogens (tertiary/aromatic N) is 3. The number of benzene rings is 1. The molecule has 0 unspecified atom stereocenters. The standard InChI is InChI=1S/C20H24F3N3O3S2/c1-13(2)12-17-24-14(3)18(30-17)19(27)25-8-10-26(11-9-25)31(28,29)16-6-4-15(5-7-16)20(21,22)23/h4-7,13H,8-12H2,1-3H3. The van der Waals surface area contributed by atoms with Crippen molar-refractivity contribution in [1.82, 2.24) is 14.2 Å². The van der Waals surface area contributed by atoms with Crippen LogP contribution in [0.1, 0.15) is 39.8 Å². The van der Waals surface area contributed by atoms with Crippen LogP contribution in [0.5, 0.6) is 0 Å². The van der Waals surface area contributed by atoms with Crippen LogP contribution in [-0.2, 0) is 22.6 Å². The summed E-state index contributed by atoms with van der Waals surface area (Å²) in [5, 5.41) is 0.902. The van der Waals surface area contributed by atoms with Crippen LogP contribution in [0.4, 0.5) is 13.2 Å². The molecule has 3 rings (SSSR count). The molecule has 2 aromatic rings. The molecule has 1 aromatic heterocycles. The lowest BCUT2D eigenvalue weighted by Gasteiger charge is -2.33. The SMILES string of the molecule is Cc1nc(CC(C)C)sc1C(=O)N1CCN(S(=O)(=O)c2ccc(C(F)(F)F)cc2)CC1. The molecule has 170 valence electrons. The fourth-order valence-electron chi connectivity index (χ4n) is 3.33. The van der Waals surface area contributed by atoms with E-state index in [0.717, 1.165) is 35.7 Å². The molecule has 1 fully saturated rings. The molecule has 0 spiro atoms. The lowest BCUT2D eigenvalue weighted by molar-refractivity contribution is -0.137. The van der Waals surface area contributed by atoms with Gasteiger partial charge in [-0.2, -0.15) is 17.5 Å². The summed E-state index contributed by atoms with van der Waals surface area (Å²) >= 11 is 1.37. The summed E-state index contributed by atoms with van der Waals surface area (Å²) in [6.45, 7) is 6.50. The number of amides is 1. The van der Waals surface area contributed by atoms with Crippen LogP contribution in [0.3, 0.4) is 0 Å². The molecule has 0 aliphatic carbocycles. The molecule has 1 aromatic carbocycles. The van der Waals surface area contributed by atoms with Crippen molar-refractivity contribution < 1.29 is 26.4 Å². The van der Waals surface area contributed by atoms with E-state index in [4.69, 9.17) is 0 Å². The number of rotatable bonds is 5. The zero-order valence-corrected chi connectivity index (χ0v) is 19.1. The summed E-state index contributed by atoms with van der Waals surface area (Å²) in [5.41, 5.74) is -0.232. The van der Waals surface area contributed by atoms with E-state index < -0.39 is 21.8 Å². The molecule has 0 N–H and O–H groups in total. The number of hydrogen-bond acceptors (Lipinski definition) is 5. The number of aromatic nitrogens is 1. The number of piperazine rings is 1. The molecule has 0 saturated carbocycles. The second-order valence-electron chi connectivity index (χ2n) is 7.84. The van der Waals surface area contributed by atoms with E-state index in [1.54, 1.807) is 11.8 Å². The van der Waals surface area contributed by atoms with E-state index in [0.29, 0.717) is 16.5 Å². The van der Waals surface area contributed by atoms with Gasteiger partial charge in [0.25, 0.3) is 5.91 Å². The first-order valence-electron chi connectivity index (χ1n) is 9.82.